The summed E-state index contributed by atoms with van der Waals surface area (Å²) in [5.74, 6) is -0.0651. The number of halogens is 4. The highest BCUT2D eigenvalue weighted by molar-refractivity contribution is 5.94. The molecule has 33 heavy (non-hydrogen) atoms. The Hall–Kier alpha value is -3.33. The van der Waals surface area contributed by atoms with Crippen molar-refractivity contribution in [2.75, 3.05) is 37.6 Å². The quantitative estimate of drug-likeness (QED) is 0.540. The number of rotatable bonds is 6. The first kappa shape index (κ1) is 22.8. The molecule has 174 valence electrons. The number of carbonyl (C=O) groups excluding carboxylic acids is 1. The molecule has 2 aromatic carbocycles. The van der Waals surface area contributed by atoms with Gasteiger partial charge in [-0.1, -0.05) is 12.1 Å². The third-order valence-corrected chi connectivity index (χ3v) is 5.75. The minimum atomic E-state index is -4.45. The van der Waals surface area contributed by atoms with Gasteiger partial charge < -0.3 is 14.6 Å². The maximum absolute atomic E-state index is 14.1. The van der Waals surface area contributed by atoms with Crippen LogP contribution in [0.15, 0.2) is 71.3 Å². The van der Waals surface area contributed by atoms with Crippen LogP contribution in [0.2, 0.25) is 0 Å². The van der Waals surface area contributed by atoms with Gasteiger partial charge in [-0.15, -0.1) is 0 Å². The van der Waals surface area contributed by atoms with Gasteiger partial charge in [-0.05, 0) is 48.5 Å². The number of nitrogens with one attached hydrogen (secondary N) is 1. The van der Waals surface area contributed by atoms with Gasteiger partial charge >= 0.3 is 6.18 Å². The Morgan fingerprint density at radius 2 is 1.67 bits per heavy atom. The Kier molecular flexibility index (Phi) is 6.69. The van der Waals surface area contributed by atoms with Crippen LogP contribution in [-0.2, 0) is 6.18 Å². The van der Waals surface area contributed by atoms with Crippen molar-refractivity contribution in [3.05, 3.63) is 89.6 Å². The molecule has 5 nitrogen and oxygen atoms in total. The van der Waals surface area contributed by atoms with Gasteiger partial charge in [0.25, 0.3) is 5.91 Å². The van der Waals surface area contributed by atoms with Gasteiger partial charge in [0.2, 0.25) is 0 Å². The number of furan rings is 1. The number of piperazine rings is 1. The van der Waals surface area contributed by atoms with Gasteiger partial charge in [-0.2, -0.15) is 13.2 Å². The number of alkyl halides is 3. The van der Waals surface area contributed by atoms with Crippen LogP contribution >= 0.6 is 0 Å². The molecule has 2 heterocycles. The van der Waals surface area contributed by atoms with Crippen molar-refractivity contribution in [3.8, 4) is 0 Å². The van der Waals surface area contributed by atoms with Crippen LogP contribution in [0.3, 0.4) is 0 Å². The summed E-state index contributed by atoms with van der Waals surface area (Å²) in [6.07, 6.45) is -2.90. The lowest BCUT2D eigenvalue weighted by Gasteiger charge is -2.39. The standard InChI is InChI=1S/C24H23F4N3O2/c25-19-4-1-2-5-20(19)30-11-13-31(14-12-30)21(22-6-3-15-33-22)16-29-23(32)17-7-9-18(10-8-17)24(26,27)28/h1-10,15,21H,11-14,16H2,(H,29,32)/t21-/m1/s1. The molecular weight excluding hydrogens is 438 g/mol. The molecule has 0 spiro atoms. The number of hydrogen-bond acceptors (Lipinski definition) is 4. The number of benzene rings is 2. The number of para-hydroxylation sites is 1. The molecule has 0 aliphatic carbocycles. The first-order valence-electron chi connectivity index (χ1n) is 10.6. The number of carbonyl (C=O) groups is 1. The van der Waals surface area contributed by atoms with E-state index >= 15 is 0 Å². The van der Waals surface area contributed by atoms with E-state index in [0.29, 0.717) is 37.6 Å². The van der Waals surface area contributed by atoms with Crippen LogP contribution in [0.1, 0.15) is 27.7 Å². The summed E-state index contributed by atoms with van der Waals surface area (Å²) in [4.78, 5) is 16.7. The fraction of sp³-hybridized carbons (Fsp3) is 0.292. The molecule has 1 aliphatic rings. The molecule has 1 amide bonds. The topological polar surface area (TPSA) is 48.7 Å². The average molecular weight is 461 g/mol. The van der Waals surface area contributed by atoms with Crippen molar-refractivity contribution in [1.29, 1.82) is 0 Å². The molecule has 9 heteroatoms. The Morgan fingerprint density at radius 3 is 2.27 bits per heavy atom. The summed E-state index contributed by atoms with van der Waals surface area (Å²) in [6.45, 7) is 2.66. The second-order valence-electron chi connectivity index (χ2n) is 7.79. The Bertz CT molecular complexity index is 1060. The zero-order chi connectivity index (χ0) is 23.4. The highest BCUT2D eigenvalue weighted by Crippen LogP contribution is 2.29. The van der Waals surface area contributed by atoms with Crippen LogP contribution in [0.25, 0.3) is 0 Å². The summed E-state index contributed by atoms with van der Waals surface area (Å²) in [5, 5.41) is 2.80. The lowest BCUT2D eigenvalue weighted by molar-refractivity contribution is -0.137. The highest BCUT2D eigenvalue weighted by Gasteiger charge is 2.31. The normalized spacial score (nSPS) is 15.9. The lowest BCUT2D eigenvalue weighted by Crippen LogP contribution is -2.50. The zero-order valence-corrected chi connectivity index (χ0v) is 17.7. The van der Waals surface area contributed by atoms with Crippen LogP contribution in [0, 0.1) is 5.82 Å². The zero-order valence-electron chi connectivity index (χ0n) is 17.7. The van der Waals surface area contributed by atoms with Gasteiger partial charge in [0.15, 0.2) is 0 Å². The first-order valence-corrected chi connectivity index (χ1v) is 10.6. The molecule has 0 bridgehead atoms. The van der Waals surface area contributed by atoms with Crippen LogP contribution in [0.4, 0.5) is 23.2 Å². The predicted molar refractivity (Wildman–Crippen MR) is 115 cm³/mol. The van der Waals surface area contributed by atoms with E-state index in [1.807, 2.05) is 11.0 Å². The Labute approximate surface area is 188 Å². The van der Waals surface area contributed by atoms with Gasteiger partial charge in [-0.25, -0.2) is 4.39 Å². The minimum Gasteiger partial charge on any atom is -0.468 e. The van der Waals surface area contributed by atoms with E-state index < -0.39 is 17.6 Å². The highest BCUT2D eigenvalue weighted by atomic mass is 19.4. The van der Waals surface area contributed by atoms with Crippen molar-refractivity contribution in [2.45, 2.75) is 12.2 Å². The summed E-state index contributed by atoms with van der Waals surface area (Å²) in [5.41, 5.74) is -0.104. The van der Waals surface area contributed by atoms with E-state index in [9.17, 15) is 22.4 Å². The molecule has 1 fully saturated rings. The van der Waals surface area contributed by atoms with Crippen LogP contribution in [0.5, 0.6) is 0 Å². The lowest BCUT2D eigenvalue weighted by atomic mass is 10.1. The molecule has 1 atom stereocenters. The molecule has 0 saturated carbocycles. The van der Waals surface area contributed by atoms with Crippen molar-refractivity contribution in [1.82, 2.24) is 10.2 Å². The molecule has 3 aromatic rings. The van der Waals surface area contributed by atoms with E-state index in [2.05, 4.69) is 10.2 Å². The van der Waals surface area contributed by atoms with Crippen molar-refractivity contribution < 1.29 is 26.8 Å². The van der Waals surface area contributed by atoms with E-state index in [-0.39, 0.29) is 24.0 Å². The maximum atomic E-state index is 14.1. The molecule has 0 unspecified atom stereocenters. The van der Waals surface area contributed by atoms with Gasteiger partial charge in [0.05, 0.1) is 23.6 Å². The van der Waals surface area contributed by atoms with E-state index in [4.69, 9.17) is 4.42 Å². The van der Waals surface area contributed by atoms with Gasteiger partial charge in [0, 0.05) is 38.3 Å². The molecule has 0 radical (unpaired) electrons. The molecular formula is C24H23F4N3O2. The summed E-state index contributed by atoms with van der Waals surface area (Å²) in [7, 11) is 0. The van der Waals surface area contributed by atoms with Crippen LogP contribution in [-0.4, -0.2) is 43.5 Å². The summed E-state index contributed by atoms with van der Waals surface area (Å²) >= 11 is 0. The molecule has 1 N–H and O–H groups in total. The van der Waals surface area contributed by atoms with Crippen molar-refractivity contribution in [2.24, 2.45) is 0 Å². The monoisotopic (exact) mass is 461 g/mol. The summed E-state index contributed by atoms with van der Waals surface area (Å²) < 4.78 is 58.0. The predicted octanol–water partition coefficient (Wildman–Crippen LogP) is 4.73. The first-order chi connectivity index (χ1) is 15.8. The SMILES string of the molecule is O=C(NC[C@H](c1ccco1)N1CCN(c2ccccc2F)CC1)c1ccc(C(F)(F)F)cc1. The van der Waals surface area contributed by atoms with Gasteiger partial charge in [-0.3, -0.25) is 9.69 Å². The van der Waals surface area contributed by atoms with Crippen LogP contribution < -0.4 is 10.2 Å². The molecule has 1 aliphatic heterocycles. The number of amides is 1. The maximum Gasteiger partial charge on any atom is 0.416 e. The van der Waals surface area contributed by atoms with E-state index in [1.165, 1.54) is 6.07 Å². The second kappa shape index (κ2) is 9.66. The minimum absolute atomic E-state index is 0.144. The second-order valence-corrected chi connectivity index (χ2v) is 7.79. The fourth-order valence-corrected chi connectivity index (χ4v) is 3.98. The third kappa shape index (κ3) is 5.36. The van der Waals surface area contributed by atoms with Crippen molar-refractivity contribution >= 4 is 11.6 Å². The van der Waals surface area contributed by atoms with E-state index in [0.717, 1.165) is 24.3 Å². The van der Waals surface area contributed by atoms with Crippen molar-refractivity contribution in [3.63, 3.8) is 0 Å². The summed E-state index contributed by atoms with van der Waals surface area (Å²) in [6, 6.07) is 14.1. The third-order valence-electron chi connectivity index (χ3n) is 5.75. The fourth-order valence-electron chi connectivity index (χ4n) is 3.98. The van der Waals surface area contributed by atoms with E-state index in [1.54, 1.807) is 30.5 Å². The molecule has 4 rings (SSSR count). The van der Waals surface area contributed by atoms with Gasteiger partial charge in [0.1, 0.15) is 11.6 Å². The number of nitrogens with zero attached hydrogens (tertiary/aromatic N) is 2. The smallest absolute Gasteiger partial charge is 0.416 e. The Balaban J connectivity index is 1.40. The Morgan fingerprint density at radius 1 is 0.970 bits per heavy atom. The molecule has 1 saturated heterocycles. The number of hydrogen-bond donors (Lipinski definition) is 1. The molecule has 1 aromatic heterocycles. The largest absolute Gasteiger partial charge is 0.468 e. The average Bonchev–Trinajstić information content (AvgIpc) is 3.34. The number of anilines is 1.